The highest BCUT2D eigenvalue weighted by molar-refractivity contribution is 7.92. The molecule has 1 unspecified atom stereocenters. The number of hydrogen-bond acceptors (Lipinski definition) is 5. The Kier molecular flexibility index (Phi) is 7.67. The van der Waals surface area contributed by atoms with Gasteiger partial charge in [-0.2, -0.15) is 0 Å². The summed E-state index contributed by atoms with van der Waals surface area (Å²) in [6.45, 7) is 0. The Morgan fingerprint density at radius 1 is 1.03 bits per heavy atom. The van der Waals surface area contributed by atoms with Crippen molar-refractivity contribution in [3.8, 4) is 0 Å². The Morgan fingerprint density at radius 3 is 2.39 bits per heavy atom. The summed E-state index contributed by atoms with van der Waals surface area (Å²) in [5.41, 5.74) is 0.733. The molecule has 0 aromatic heterocycles. The van der Waals surface area contributed by atoms with E-state index >= 15 is 0 Å². The second-order valence-corrected chi connectivity index (χ2v) is 9.06. The fourth-order valence-electron chi connectivity index (χ4n) is 2.99. The Labute approximate surface area is 195 Å². The average molecular weight is 491 g/mol. The van der Waals surface area contributed by atoms with Crippen LogP contribution in [0.15, 0.2) is 77.7 Å². The van der Waals surface area contributed by atoms with Crippen molar-refractivity contribution in [2.75, 3.05) is 11.8 Å². The van der Waals surface area contributed by atoms with Gasteiger partial charge in [0, 0.05) is 5.56 Å². The molecule has 0 bridgehead atoms. The topological polar surface area (TPSA) is 102 Å². The fourth-order valence-corrected chi connectivity index (χ4v) is 4.36. The van der Waals surface area contributed by atoms with Crippen LogP contribution in [0.3, 0.4) is 0 Å². The van der Waals surface area contributed by atoms with Crippen LogP contribution in [-0.2, 0) is 19.6 Å². The van der Waals surface area contributed by atoms with Gasteiger partial charge in [0.2, 0.25) is 0 Å². The highest BCUT2D eigenvalue weighted by Crippen LogP contribution is 2.25. The van der Waals surface area contributed by atoms with Crippen LogP contribution in [0.5, 0.6) is 0 Å². The number of carbonyl (C=O) groups excluding carboxylic acids is 2. The van der Waals surface area contributed by atoms with Crippen LogP contribution in [0.4, 0.5) is 10.1 Å². The molecule has 0 saturated heterocycles. The number of ether oxygens (including phenoxy) is 1. The van der Waals surface area contributed by atoms with Gasteiger partial charge in [-0.1, -0.05) is 41.9 Å². The predicted molar refractivity (Wildman–Crippen MR) is 122 cm³/mol. The number of hydrogen-bond donors (Lipinski definition) is 2. The summed E-state index contributed by atoms with van der Waals surface area (Å²) in [5, 5.41) is 2.90. The second-order valence-electron chi connectivity index (χ2n) is 6.97. The van der Waals surface area contributed by atoms with Crippen LogP contribution >= 0.6 is 11.6 Å². The van der Waals surface area contributed by atoms with E-state index in [1.54, 1.807) is 18.2 Å². The van der Waals surface area contributed by atoms with Crippen molar-refractivity contribution >= 4 is 39.2 Å². The maximum Gasteiger partial charge on any atom is 0.307 e. The molecule has 0 aliphatic rings. The normalized spacial score (nSPS) is 12.0. The minimum Gasteiger partial charge on any atom is -0.469 e. The van der Waals surface area contributed by atoms with Crippen molar-refractivity contribution in [3.05, 3.63) is 94.8 Å². The number of benzene rings is 3. The highest BCUT2D eigenvalue weighted by Gasteiger charge is 2.22. The van der Waals surface area contributed by atoms with Crippen molar-refractivity contribution in [2.24, 2.45) is 0 Å². The molecule has 3 rings (SSSR count). The molecular formula is C23H20ClFN2O5S. The van der Waals surface area contributed by atoms with E-state index in [0.29, 0.717) is 5.56 Å². The number of para-hydroxylation sites is 1. The Bertz CT molecular complexity index is 1270. The van der Waals surface area contributed by atoms with Gasteiger partial charge < -0.3 is 10.1 Å². The summed E-state index contributed by atoms with van der Waals surface area (Å²) in [7, 11) is -2.82. The lowest BCUT2D eigenvalue weighted by Gasteiger charge is -2.18. The molecule has 0 saturated carbocycles. The molecule has 3 aromatic carbocycles. The summed E-state index contributed by atoms with van der Waals surface area (Å²) in [4.78, 5) is 24.6. The summed E-state index contributed by atoms with van der Waals surface area (Å²) in [6.07, 6.45) is -0.195. The monoisotopic (exact) mass is 490 g/mol. The quantitative estimate of drug-likeness (QED) is 0.458. The first-order valence-corrected chi connectivity index (χ1v) is 11.6. The summed E-state index contributed by atoms with van der Waals surface area (Å²) in [5.74, 6) is -1.67. The molecule has 1 amide bonds. The first-order valence-electron chi connectivity index (χ1n) is 9.70. The zero-order valence-electron chi connectivity index (χ0n) is 17.4. The molecule has 10 heteroatoms. The molecule has 0 fully saturated rings. The van der Waals surface area contributed by atoms with E-state index in [-0.39, 0.29) is 27.6 Å². The largest absolute Gasteiger partial charge is 0.469 e. The molecule has 0 radical (unpaired) electrons. The van der Waals surface area contributed by atoms with E-state index in [2.05, 4.69) is 14.8 Å². The van der Waals surface area contributed by atoms with E-state index in [0.717, 1.165) is 0 Å². The lowest BCUT2D eigenvalue weighted by molar-refractivity contribution is -0.141. The number of esters is 1. The lowest BCUT2D eigenvalue weighted by Crippen LogP contribution is -2.30. The third-order valence-corrected chi connectivity index (χ3v) is 6.39. The Hall–Kier alpha value is -3.43. The fraction of sp³-hybridized carbons (Fsp3) is 0.130. The van der Waals surface area contributed by atoms with Gasteiger partial charge >= 0.3 is 5.97 Å². The highest BCUT2D eigenvalue weighted by atomic mass is 35.5. The number of methoxy groups -OCH3 is 1. The van der Waals surface area contributed by atoms with Crippen molar-refractivity contribution in [1.82, 2.24) is 5.32 Å². The van der Waals surface area contributed by atoms with Gasteiger partial charge in [-0.05, 0) is 48.0 Å². The molecule has 0 heterocycles. The molecule has 33 heavy (non-hydrogen) atoms. The first-order chi connectivity index (χ1) is 15.7. The zero-order valence-corrected chi connectivity index (χ0v) is 19.0. The third kappa shape index (κ3) is 6.30. The van der Waals surface area contributed by atoms with E-state index < -0.39 is 33.8 Å². The lowest BCUT2D eigenvalue weighted by atomic mass is 10.0. The number of sulfonamides is 1. The van der Waals surface area contributed by atoms with Gasteiger partial charge in [-0.3, -0.25) is 14.3 Å². The maximum atomic E-state index is 13.3. The van der Waals surface area contributed by atoms with E-state index in [1.807, 2.05) is 0 Å². The van der Waals surface area contributed by atoms with E-state index in [1.165, 1.54) is 61.7 Å². The smallest absolute Gasteiger partial charge is 0.307 e. The van der Waals surface area contributed by atoms with Crippen molar-refractivity contribution in [3.63, 3.8) is 0 Å². The van der Waals surface area contributed by atoms with Crippen molar-refractivity contribution in [2.45, 2.75) is 17.4 Å². The average Bonchev–Trinajstić information content (AvgIpc) is 2.80. The molecule has 172 valence electrons. The number of halogens is 2. The minimum atomic E-state index is -4.03. The molecule has 7 nitrogen and oxygen atoms in total. The molecular weight excluding hydrogens is 471 g/mol. The first kappa shape index (κ1) is 24.2. The van der Waals surface area contributed by atoms with Gasteiger partial charge in [0.25, 0.3) is 15.9 Å². The molecule has 1 atom stereocenters. The standard InChI is InChI=1S/C23H20ClFN2O5S/c1-32-22(28)14-21(15-9-11-17(25)12-10-15)26-23(29)16-5-4-6-18(13-16)33(30,31)27-20-8-3-2-7-19(20)24/h2-13,21,27H,14H2,1H3,(H,26,29). The van der Waals surface area contributed by atoms with Crippen LogP contribution in [0, 0.1) is 5.82 Å². The van der Waals surface area contributed by atoms with Gasteiger partial charge in [0.15, 0.2) is 0 Å². The van der Waals surface area contributed by atoms with E-state index in [9.17, 15) is 22.4 Å². The van der Waals surface area contributed by atoms with Gasteiger partial charge in [0.1, 0.15) is 5.82 Å². The maximum absolute atomic E-state index is 13.3. The van der Waals surface area contributed by atoms with Gasteiger partial charge in [0.05, 0.1) is 35.2 Å². The van der Waals surface area contributed by atoms with Crippen molar-refractivity contribution in [1.29, 1.82) is 0 Å². The Morgan fingerprint density at radius 2 is 1.73 bits per heavy atom. The van der Waals surface area contributed by atoms with Crippen LogP contribution in [0.1, 0.15) is 28.4 Å². The Balaban J connectivity index is 1.84. The molecule has 2 N–H and O–H groups in total. The minimum absolute atomic E-state index is 0.0500. The number of carbonyl (C=O) groups is 2. The third-order valence-electron chi connectivity index (χ3n) is 4.70. The molecule has 0 spiro atoms. The summed E-state index contributed by atoms with van der Waals surface area (Å²) in [6, 6.07) is 16.2. The number of anilines is 1. The molecule has 3 aromatic rings. The van der Waals surface area contributed by atoms with Crippen LogP contribution in [0.2, 0.25) is 5.02 Å². The van der Waals surface area contributed by atoms with Crippen LogP contribution in [-0.4, -0.2) is 27.4 Å². The SMILES string of the molecule is COC(=O)CC(NC(=O)c1cccc(S(=O)(=O)Nc2ccccc2Cl)c1)c1ccc(F)cc1. The number of nitrogens with one attached hydrogen (secondary N) is 2. The number of amides is 1. The summed E-state index contributed by atoms with van der Waals surface area (Å²) >= 11 is 6.03. The van der Waals surface area contributed by atoms with Crippen LogP contribution in [0.25, 0.3) is 0 Å². The van der Waals surface area contributed by atoms with Gasteiger partial charge in [-0.25, -0.2) is 12.8 Å². The van der Waals surface area contributed by atoms with Gasteiger partial charge in [-0.15, -0.1) is 0 Å². The molecule has 0 aliphatic carbocycles. The number of rotatable bonds is 8. The van der Waals surface area contributed by atoms with Crippen LogP contribution < -0.4 is 10.0 Å². The second kappa shape index (κ2) is 10.5. The predicted octanol–water partition coefficient (Wildman–Crippen LogP) is 4.31. The summed E-state index contributed by atoms with van der Waals surface area (Å²) < 4.78 is 45.9. The van der Waals surface area contributed by atoms with Crippen molar-refractivity contribution < 1.29 is 27.1 Å². The van der Waals surface area contributed by atoms with E-state index in [4.69, 9.17) is 11.6 Å². The zero-order chi connectivity index (χ0) is 24.0. The molecule has 0 aliphatic heterocycles.